The molecule has 1 fully saturated rings. The van der Waals surface area contributed by atoms with Gasteiger partial charge in [0.15, 0.2) is 6.10 Å². The number of carbonyl (C=O) groups is 2. The molecule has 0 N–H and O–H groups in total. The van der Waals surface area contributed by atoms with E-state index < -0.39 is 30.5 Å². The number of aromatic nitrogens is 4. The summed E-state index contributed by atoms with van der Waals surface area (Å²) in [6.07, 6.45) is 6.11. The maximum Gasteiger partial charge on any atom is 0.419 e. The van der Waals surface area contributed by atoms with Crippen LogP contribution < -0.4 is 0 Å². The van der Waals surface area contributed by atoms with Gasteiger partial charge in [0.25, 0.3) is 0 Å². The molecule has 3 heterocycles. The van der Waals surface area contributed by atoms with Crippen molar-refractivity contribution < 1.29 is 28.5 Å². The Balaban J connectivity index is 1.45. The van der Waals surface area contributed by atoms with Gasteiger partial charge < -0.3 is 18.9 Å². The average molecular weight is 350 g/mol. The molecule has 0 unspecified atom stereocenters. The molecule has 0 amide bonds. The number of nitrogens with zero attached hydrogens (tertiary/aromatic N) is 4. The molecule has 2 aromatic heterocycles. The maximum absolute atomic E-state index is 11.9. The van der Waals surface area contributed by atoms with Gasteiger partial charge in [0.2, 0.25) is 0 Å². The molecule has 25 heavy (non-hydrogen) atoms. The lowest BCUT2D eigenvalue weighted by molar-refractivity contribution is -0.0486. The summed E-state index contributed by atoms with van der Waals surface area (Å²) in [5.41, 5.74) is 0. The van der Waals surface area contributed by atoms with E-state index in [0.717, 1.165) is 0 Å². The number of ether oxygens (including phenoxy) is 4. The van der Waals surface area contributed by atoms with E-state index in [-0.39, 0.29) is 13.2 Å². The predicted octanol–water partition coefficient (Wildman–Crippen LogP) is 0.922. The van der Waals surface area contributed by atoms with E-state index in [2.05, 4.69) is 9.97 Å². The van der Waals surface area contributed by atoms with Crippen LogP contribution in [0.3, 0.4) is 0 Å². The number of imidazole rings is 2. The number of rotatable bonds is 5. The first-order valence-electron chi connectivity index (χ1n) is 7.70. The zero-order chi connectivity index (χ0) is 17.6. The van der Waals surface area contributed by atoms with Gasteiger partial charge in [-0.2, -0.15) is 0 Å². The second-order valence-corrected chi connectivity index (χ2v) is 5.47. The topological polar surface area (TPSA) is 107 Å². The number of hydrogen-bond acceptors (Lipinski definition) is 8. The molecule has 3 rings (SSSR count). The van der Waals surface area contributed by atoms with Crippen molar-refractivity contribution in [1.29, 1.82) is 0 Å². The van der Waals surface area contributed by atoms with E-state index in [1.165, 1.54) is 46.6 Å². The molecular weight excluding hydrogens is 332 g/mol. The van der Waals surface area contributed by atoms with Crippen LogP contribution in [0.2, 0.25) is 0 Å². The predicted molar refractivity (Wildman–Crippen MR) is 82.0 cm³/mol. The summed E-state index contributed by atoms with van der Waals surface area (Å²) in [5, 5.41) is 0. The monoisotopic (exact) mass is 350 g/mol. The van der Waals surface area contributed by atoms with Crippen LogP contribution in [0.15, 0.2) is 37.4 Å². The lowest BCUT2D eigenvalue weighted by Gasteiger charge is -2.21. The summed E-state index contributed by atoms with van der Waals surface area (Å²) in [4.78, 5) is 31.3. The maximum atomic E-state index is 11.9. The molecule has 0 aliphatic carbocycles. The molecular formula is C15H18N4O6. The van der Waals surface area contributed by atoms with Crippen LogP contribution in [0.5, 0.6) is 0 Å². The lowest BCUT2D eigenvalue weighted by atomic mass is 10.2. The number of carbonyl (C=O) groups excluding carboxylic acids is 2. The van der Waals surface area contributed by atoms with Gasteiger partial charge in [0.1, 0.15) is 24.9 Å². The zero-order valence-corrected chi connectivity index (χ0v) is 13.6. The molecule has 0 spiro atoms. The van der Waals surface area contributed by atoms with Crippen molar-refractivity contribution in [2.45, 2.75) is 25.2 Å². The molecule has 3 atom stereocenters. The van der Waals surface area contributed by atoms with Gasteiger partial charge in [-0.3, -0.25) is 0 Å². The Morgan fingerprint density at radius 3 is 2.40 bits per heavy atom. The molecule has 0 aromatic carbocycles. The van der Waals surface area contributed by atoms with Crippen LogP contribution in [0.25, 0.3) is 0 Å². The van der Waals surface area contributed by atoms with Crippen LogP contribution in [0.4, 0.5) is 9.59 Å². The summed E-state index contributed by atoms with van der Waals surface area (Å²) in [7, 11) is 0. The molecule has 134 valence electrons. The third-order valence-electron chi connectivity index (χ3n) is 3.51. The average Bonchev–Trinajstić information content (AvgIpc) is 3.34. The van der Waals surface area contributed by atoms with Gasteiger partial charge in [0.05, 0.1) is 19.8 Å². The lowest BCUT2D eigenvalue weighted by Crippen LogP contribution is -2.35. The van der Waals surface area contributed by atoms with E-state index >= 15 is 0 Å². The van der Waals surface area contributed by atoms with Gasteiger partial charge >= 0.3 is 12.2 Å². The van der Waals surface area contributed by atoms with E-state index in [1.807, 2.05) is 0 Å². The summed E-state index contributed by atoms with van der Waals surface area (Å²) in [6, 6.07) is 0. The van der Waals surface area contributed by atoms with Crippen molar-refractivity contribution in [1.82, 2.24) is 19.1 Å². The highest BCUT2D eigenvalue weighted by Gasteiger charge is 2.33. The Labute approximate surface area is 143 Å². The van der Waals surface area contributed by atoms with E-state index in [0.29, 0.717) is 6.61 Å². The summed E-state index contributed by atoms with van der Waals surface area (Å²) in [5.74, 6) is 0. The molecule has 1 aliphatic rings. The fraction of sp³-hybridized carbons (Fsp3) is 0.467. The highest BCUT2D eigenvalue weighted by atomic mass is 16.6. The minimum Gasteiger partial charge on any atom is -0.443 e. The van der Waals surface area contributed by atoms with Gasteiger partial charge in [0, 0.05) is 24.8 Å². The molecule has 1 saturated heterocycles. The molecule has 10 heteroatoms. The normalized spacial score (nSPS) is 21.0. The van der Waals surface area contributed by atoms with E-state index in [1.54, 1.807) is 6.92 Å². The minimum absolute atomic E-state index is 0.146. The van der Waals surface area contributed by atoms with Crippen molar-refractivity contribution in [3.8, 4) is 0 Å². The smallest absolute Gasteiger partial charge is 0.419 e. The van der Waals surface area contributed by atoms with Crippen LogP contribution in [-0.4, -0.2) is 69.4 Å². The van der Waals surface area contributed by atoms with Gasteiger partial charge in [-0.1, -0.05) is 0 Å². The van der Waals surface area contributed by atoms with E-state index in [9.17, 15) is 9.59 Å². The van der Waals surface area contributed by atoms with E-state index in [4.69, 9.17) is 18.9 Å². The SMILES string of the molecule is C[C@@H](CO[C@H]1COC[C@@H]1OC(=O)n1ccnc1)OC(=O)n1ccnc1. The Kier molecular flexibility index (Phi) is 5.41. The molecule has 1 aliphatic heterocycles. The fourth-order valence-electron chi connectivity index (χ4n) is 2.23. The highest BCUT2D eigenvalue weighted by molar-refractivity contribution is 5.70. The Morgan fingerprint density at radius 2 is 1.76 bits per heavy atom. The zero-order valence-electron chi connectivity index (χ0n) is 13.6. The van der Waals surface area contributed by atoms with Crippen LogP contribution >= 0.6 is 0 Å². The quantitative estimate of drug-likeness (QED) is 0.783. The Hall–Kier alpha value is -2.72. The standard InChI is InChI=1S/C15H18N4O6/c1-11(24-14(20)18-4-2-16-9-18)6-23-12-7-22-8-13(12)25-15(21)19-5-3-17-10-19/h2-5,9-13H,6-8H2,1H3/t11-,12-,13-/m0/s1. The van der Waals surface area contributed by atoms with Crippen molar-refractivity contribution in [3.05, 3.63) is 37.4 Å². The first-order valence-corrected chi connectivity index (χ1v) is 7.70. The minimum atomic E-state index is -0.554. The summed E-state index contributed by atoms with van der Waals surface area (Å²) >= 11 is 0. The van der Waals surface area contributed by atoms with Crippen LogP contribution in [0, 0.1) is 0 Å². The second kappa shape index (κ2) is 7.90. The summed E-state index contributed by atoms with van der Waals surface area (Å²) < 4.78 is 24.0. The van der Waals surface area contributed by atoms with Gasteiger partial charge in [-0.05, 0) is 6.92 Å². The molecule has 0 saturated carbocycles. The number of hydrogen-bond donors (Lipinski definition) is 0. The van der Waals surface area contributed by atoms with Crippen LogP contribution in [-0.2, 0) is 18.9 Å². The Bertz CT molecular complexity index is 687. The first kappa shape index (κ1) is 17.1. The Morgan fingerprint density at radius 1 is 1.12 bits per heavy atom. The fourth-order valence-corrected chi connectivity index (χ4v) is 2.23. The van der Waals surface area contributed by atoms with Gasteiger partial charge in [-0.25, -0.2) is 28.7 Å². The van der Waals surface area contributed by atoms with Crippen molar-refractivity contribution in [3.63, 3.8) is 0 Å². The molecule has 10 nitrogen and oxygen atoms in total. The van der Waals surface area contributed by atoms with Crippen molar-refractivity contribution >= 4 is 12.2 Å². The largest absolute Gasteiger partial charge is 0.443 e. The molecule has 0 radical (unpaired) electrons. The van der Waals surface area contributed by atoms with Crippen molar-refractivity contribution in [2.75, 3.05) is 19.8 Å². The van der Waals surface area contributed by atoms with Crippen LogP contribution in [0.1, 0.15) is 6.92 Å². The first-order chi connectivity index (χ1) is 12.1. The second-order valence-electron chi connectivity index (χ2n) is 5.47. The summed E-state index contributed by atoms with van der Waals surface area (Å²) in [6.45, 7) is 2.39. The van der Waals surface area contributed by atoms with Crippen molar-refractivity contribution in [2.24, 2.45) is 0 Å². The molecule has 2 aromatic rings. The third kappa shape index (κ3) is 4.43. The molecule has 0 bridgehead atoms. The third-order valence-corrected chi connectivity index (χ3v) is 3.51. The van der Waals surface area contributed by atoms with Gasteiger partial charge in [-0.15, -0.1) is 0 Å². The highest BCUT2D eigenvalue weighted by Crippen LogP contribution is 2.15.